The van der Waals surface area contributed by atoms with E-state index in [2.05, 4.69) is 10.3 Å². The molecule has 1 amide bonds. The number of carbonyl (C=O) groups is 1. The highest BCUT2D eigenvalue weighted by molar-refractivity contribution is 7.13. The van der Waals surface area contributed by atoms with Crippen molar-refractivity contribution in [3.63, 3.8) is 0 Å². The number of carbonyl (C=O) groups excluding carboxylic acids is 1. The predicted octanol–water partition coefficient (Wildman–Crippen LogP) is 3.86. The van der Waals surface area contributed by atoms with Crippen molar-refractivity contribution in [3.05, 3.63) is 40.4 Å². The zero-order chi connectivity index (χ0) is 15.4. The van der Waals surface area contributed by atoms with Crippen molar-refractivity contribution in [2.45, 2.75) is 40.2 Å². The molecule has 0 aliphatic carbocycles. The normalized spacial score (nSPS) is 12.0. The molecule has 1 aromatic heterocycles. The Bertz CT molecular complexity index is 637. The highest BCUT2D eigenvalue weighted by Crippen LogP contribution is 2.22. The number of rotatable bonds is 5. The minimum Gasteiger partial charge on any atom is -0.480 e. The molecule has 1 heterocycles. The first-order valence-electron chi connectivity index (χ1n) is 6.96. The number of nitrogens with zero attached hydrogens (tertiary/aromatic N) is 1. The second kappa shape index (κ2) is 6.72. The van der Waals surface area contributed by atoms with Crippen LogP contribution in [0.4, 0.5) is 5.13 Å². The van der Waals surface area contributed by atoms with Crippen molar-refractivity contribution in [3.8, 4) is 5.75 Å². The molecule has 0 fully saturated rings. The maximum atomic E-state index is 12.3. The molecule has 1 N–H and O–H groups in total. The Kier molecular flexibility index (Phi) is 4.96. The van der Waals surface area contributed by atoms with Gasteiger partial charge < -0.3 is 4.74 Å². The van der Waals surface area contributed by atoms with E-state index < -0.39 is 6.10 Å². The van der Waals surface area contributed by atoms with Gasteiger partial charge in [0.1, 0.15) is 5.75 Å². The zero-order valence-electron chi connectivity index (χ0n) is 12.8. The van der Waals surface area contributed by atoms with Gasteiger partial charge in [-0.05, 0) is 44.4 Å². The minimum absolute atomic E-state index is 0.159. The molecule has 0 saturated carbocycles. The molecule has 0 saturated heterocycles. The van der Waals surface area contributed by atoms with Crippen LogP contribution in [0.15, 0.2) is 23.6 Å². The van der Waals surface area contributed by atoms with E-state index in [1.54, 1.807) is 0 Å². The zero-order valence-corrected chi connectivity index (χ0v) is 13.6. The summed E-state index contributed by atoms with van der Waals surface area (Å²) in [5.41, 5.74) is 3.04. The predicted molar refractivity (Wildman–Crippen MR) is 86.1 cm³/mol. The van der Waals surface area contributed by atoms with Crippen molar-refractivity contribution >= 4 is 22.4 Å². The Labute approximate surface area is 129 Å². The van der Waals surface area contributed by atoms with Crippen LogP contribution in [0.1, 0.15) is 30.2 Å². The first-order valence-corrected chi connectivity index (χ1v) is 7.84. The summed E-state index contributed by atoms with van der Waals surface area (Å²) in [6, 6.07) is 5.99. The lowest BCUT2D eigenvalue weighted by molar-refractivity contribution is -0.122. The van der Waals surface area contributed by atoms with Gasteiger partial charge in [-0.1, -0.05) is 19.1 Å². The van der Waals surface area contributed by atoms with Gasteiger partial charge in [-0.15, -0.1) is 11.3 Å². The Balaban J connectivity index is 2.08. The molecule has 0 radical (unpaired) electrons. The standard InChI is InChI=1S/C16H20N2O2S/c1-5-13(15(19)18-16-17-12(4)9-21-16)20-14-8-10(2)6-7-11(14)3/h6-9,13H,5H2,1-4H3,(H,17,18,19)/t13-/m1/s1. The van der Waals surface area contributed by atoms with Gasteiger partial charge in [-0.25, -0.2) is 4.98 Å². The average molecular weight is 304 g/mol. The molecule has 5 heteroatoms. The summed E-state index contributed by atoms with van der Waals surface area (Å²) in [7, 11) is 0. The molecule has 0 bridgehead atoms. The summed E-state index contributed by atoms with van der Waals surface area (Å²) >= 11 is 1.42. The van der Waals surface area contributed by atoms with Gasteiger partial charge in [-0.3, -0.25) is 10.1 Å². The van der Waals surface area contributed by atoms with Crippen molar-refractivity contribution in [1.29, 1.82) is 0 Å². The molecule has 4 nitrogen and oxygen atoms in total. The minimum atomic E-state index is -0.519. The SMILES string of the molecule is CC[C@@H](Oc1cc(C)ccc1C)C(=O)Nc1nc(C)cs1. The van der Waals surface area contributed by atoms with E-state index in [4.69, 9.17) is 4.74 Å². The van der Waals surface area contributed by atoms with Crippen molar-refractivity contribution in [2.24, 2.45) is 0 Å². The molecule has 0 unspecified atom stereocenters. The third kappa shape index (κ3) is 4.04. The molecule has 1 aromatic carbocycles. The van der Waals surface area contributed by atoms with E-state index in [0.29, 0.717) is 11.6 Å². The number of aryl methyl sites for hydroxylation is 3. The van der Waals surface area contributed by atoms with Crippen molar-refractivity contribution < 1.29 is 9.53 Å². The number of amides is 1. The fraction of sp³-hybridized carbons (Fsp3) is 0.375. The fourth-order valence-corrected chi connectivity index (χ4v) is 2.60. The summed E-state index contributed by atoms with van der Waals surface area (Å²) < 4.78 is 5.88. The number of aromatic nitrogens is 1. The van der Waals surface area contributed by atoms with Gasteiger partial charge in [0.05, 0.1) is 5.69 Å². The van der Waals surface area contributed by atoms with Crippen LogP contribution in [0.25, 0.3) is 0 Å². The molecule has 0 aliphatic rings. The van der Waals surface area contributed by atoms with E-state index in [0.717, 1.165) is 22.6 Å². The number of ether oxygens (including phenoxy) is 1. The summed E-state index contributed by atoms with van der Waals surface area (Å²) in [5.74, 6) is 0.597. The highest BCUT2D eigenvalue weighted by Gasteiger charge is 2.20. The molecule has 2 rings (SSSR count). The molecular formula is C16H20N2O2S. The maximum Gasteiger partial charge on any atom is 0.267 e. The number of hydrogen-bond donors (Lipinski definition) is 1. The third-order valence-electron chi connectivity index (χ3n) is 3.13. The van der Waals surface area contributed by atoms with Crippen LogP contribution in [-0.2, 0) is 4.79 Å². The van der Waals surface area contributed by atoms with E-state index in [-0.39, 0.29) is 5.91 Å². The van der Waals surface area contributed by atoms with E-state index in [9.17, 15) is 4.79 Å². The lowest BCUT2D eigenvalue weighted by atomic mass is 10.1. The Morgan fingerprint density at radius 2 is 2.14 bits per heavy atom. The largest absolute Gasteiger partial charge is 0.480 e. The lowest BCUT2D eigenvalue weighted by Crippen LogP contribution is -2.32. The summed E-state index contributed by atoms with van der Waals surface area (Å²) in [4.78, 5) is 16.5. The molecule has 21 heavy (non-hydrogen) atoms. The monoisotopic (exact) mass is 304 g/mol. The molecule has 2 aromatic rings. The fourth-order valence-electron chi connectivity index (χ4n) is 1.91. The first kappa shape index (κ1) is 15.5. The van der Waals surface area contributed by atoms with Crippen LogP contribution in [0, 0.1) is 20.8 Å². The van der Waals surface area contributed by atoms with Gasteiger partial charge in [0.2, 0.25) is 0 Å². The topological polar surface area (TPSA) is 51.2 Å². The number of thiazole rings is 1. The van der Waals surface area contributed by atoms with Crippen LogP contribution in [0.3, 0.4) is 0 Å². The summed E-state index contributed by atoms with van der Waals surface area (Å²) in [6.07, 6.45) is 0.0820. The number of hydrogen-bond acceptors (Lipinski definition) is 4. The van der Waals surface area contributed by atoms with Gasteiger partial charge >= 0.3 is 0 Å². The maximum absolute atomic E-state index is 12.3. The van der Waals surface area contributed by atoms with Crippen LogP contribution >= 0.6 is 11.3 Å². The molecule has 0 spiro atoms. The smallest absolute Gasteiger partial charge is 0.267 e. The van der Waals surface area contributed by atoms with E-state index in [1.165, 1.54) is 11.3 Å². The van der Waals surface area contributed by atoms with E-state index in [1.807, 2.05) is 51.3 Å². The quantitative estimate of drug-likeness (QED) is 0.912. The van der Waals surface area contributed by atoms with Crippen LogP contribution in [0.2, 0.25) is 0 Å². The van der Waals surface area contributed by atoms with Gasteiger partial charge in [-0.2, -0.15) is 0 Å². The van der Waals surface area contributed by atoms with Crippen LogP contribution in [0.5, 0.6) is 5.75 Å². The lowest BCUT2D eigenvalue weighted by Gasteiger charge is -2.18. The highest BCUT2D eigenvalue weighted by atomic mass is 32.1. The second-order valence-corrected chi connectivity index (χ2v) is 5.93. The van der Waals surface area contributed by atoms with Gasteiger partial charge in [0.15, 0.2) is 11.2 Å². The summed E-state index contributed by atoms with van der Waals surface area (Å²) in [6.45, 7) is 7.81. The van der Waals surface area contributed by atoms with Crippen molar-refractivity contribution in [1.82, 2.24) is 4.98 Å². The molecular weight excluding hydrogens is 284 g/mol. The van der Waals surface area contributed by atoms with Crippen LogP contribution in [-0.4, -0.2) is 17.0 Å². The number of nitrogens with one attached hydrogen (secondary N) is 1. The molecule has 1 atom stereocenters. The molecule has 0 aliphatic heterocycles. The average Bonchev–Trinajstić information content (AvgIpc) is 2.84. The Morgan fingerprint density at radius 1 is 1.38 bits per heavy atom. The van der Waals surface area contributed by atoms with Gasteiger partial charge in [0, 0.05) is 5.38 Å². The number of anilines is 1. The van der Waals surface area contributed by atoms with Crippen molar-refractivity contribution in [2.75, 3.05) is 5.32 Å². The second-order valence-electron chi connectivity index (χ2n) is 5.07. The Morgan fingerprint density at radius 3 is 2.76 bits per heavy atom. The van der Waals surface area contributed by atoms with Crippen LogP contribution < -0.4 is 10.1 Å². The van der Waals surface area contributed by atoms with E-state index >= 15 is 0 Å². The van der Waals surface area contributed by atoms with Gasteiger partial charge in [0.25, 0.3) is 5.91 Å². The molecule has 112 valence electrons. The summed E-state index contributed by atoms with van der Waals surface area (Å²) in [5, 5.41) is 5.33. The number of benzene rings is 1. The Hall–Kier alpha value is -1.88. The third-order valence-corrected chi connectivity index (χ3v) is 4.00. The first-order chi connectivity index (χ1) is 9.99.